The van der Waals surface area contributed by atoms with Crippen molar-refractivity contribution in [2.24, 2.45) is 0 Å². The van der Waals surface area contributed by atoms with Crippen LogP contribution >= 0.6 is 0 Å². The van der Waals surface area contributed by atoms with Gasteiger partial charge in [0.15, 0.2) is 0 Å². The molecule has 0 heterocycles. The molecule has 0 aliphatic heterocycles. The Morgan fingerprint density at radius 3 is 2.15 bits per heavy atom. The standard InChI is InChI=1S/C11H25NO/c1-5-7-12(11(3)4)8-10-13-9-6-2/h11H,5-10H2,1-4H3. The molecule has 0 spiro atoms. The Kier molecular flexibility index (Phi) is 8.46. The van der Waals surface area contributed by atoms with Crippen LogP contribution in [0.2, 0.25) is 0 Å². The van der Waals surface area contributed by atoms with Crippen molar-refractivity contribution in [3.63, 3.8) is 0 Å². The van der Waals surface area contributed by atoms with Gasteiger partial charge in [-0.3, -0.25) is 4.90 Å². The maximum absolute atomic E-state index is 5.47. The number of rotatable bonds is 8. The monoisotopic (exact) mass is 187 g/mol. The van der Waals surface area contributed by atoms with Gasteiger partial charge in [0.05, 0.1) is 6.61 Å². The van der Waals surface area contributed by atoms with Crippen LogP contribution in [0.3, 0.4) is 0 Å². The van der Waals surface area contributed by atoms with Crippen molar-refractivity contribution >= 4 is 0 Å². The lowest BCUT2D eigenvalue weighted by Gasteiger charge is -2.25. The van der Waals surface area contributed by atoms with Crippen molar-refractivity contribution in [3.8, 4) is 0 Å². The fourth-order valence-corrected chi connectivity index (χ4v) is 1.34. The first kappa shape index (κ1) is 12.9. The Balaban J connectivity index is 3.45. The summed E-state index contributed by atoms with van der Waals surface area (Å²) in [4.78, 5) is 2.47. The van der Waals surface area contributed by atoms with E-state index in [1.807, 2.05) is 0 Å². The van der Waals surface area contributed by atoms with Crippen LogP contribution in [0.25, 0.3) is 0 Å². The van der Waals surface area contributed by atoms with Crippen LogP contribution in [0, 0.1) is 0 Å². The maximum Gasteiger partial charge on any atom is 0.0593 e. The van der Waals surface area contributed by atoms with Crippen LogP contribution in [-0.2, 0) is 4.74 Å². The minimum Gasteiger partial charge on any atom is -0.380 e. The molecule has 0 bridgehead atoms. The number of hydrogen-bond acceptors (Lipinski definition) is 2. The molecular weight excluding hydrogens is 162 g/mol. The number of ether oxygens (including phenoxy) is 1. The molecule has 0 radical (unpaired) electrons. The molecule has 0 aromatic carbocycles. The average molecular weight is 187 g/mol. The third kappa shape index (κ3) is 7.03. The largest absolute Gasteiger partial charge is 0.380 e. The first-order valence-corrected chi connectivity index (χ1v) is 5.54. The molecule has 0 aliphatic carbocycles. The van der Waals surface area contributed by atoms with Crippen LogP contribution in [0.15, 0.2) is 0 Å². The average Bonchev–Trinajstić information content (AvgIpc) is 2.10. The molecule has 2 heteroatoms. The molecule has 0 unspecified atom stereocenters. The summed E-state index contributed by atoms with van der Waals surface area (Å²) >= 11 is 0. The van der Waals surface area contributed by atoms with E-state index in [1.54, 1.807) is 0 Å². The highest BCUT2D eigenvalue weighted by molar-refractivity contribution is 4.61. The summed E-state index contributed by atoms with van der Waals surface area (Å²) < 4.78 is 5.47. The highest BCUT2D eigenvalue weighted by Crippen LogP contribution is 1.99. The lowest BCUT2D eigenvalue weighted by molar-refractivity contribution is 0.0930. The van der Waals surface area contributed by atoms with Crippen molar-refractivity contribution in [1.29, 1.82) is 0 Å². The van der Waals surface area contributed by atoms with Gasteiger partial charge in [-0.2, -0.15) is 0 Å². The van der Waals surface area contributed by atoms with Gasteiger partial charge in [-0.25, -0.2) is 0 Å². The molecule has 13 heavy (non-hydrogen) atoms. The highest BCUT2D eigenvalue weighted by atomic mass is 16.5. The molecule has 0 atom stereocenters. The first-order valence-electron chi connectivity index (χ1n) is 5.54. The summed E-state index contributed by atoms with van der Waals surface area (Å²) in [5.41, 5.74) is 0. The van der Waals surface area contributed by atoms with Crippen LogP contribution in [-0.4, -0.2) is 37.2 Å². The van der Waals surface area contributed by atoms with Gasteiger partial charge in [-0.15, -0.1) is 0 Å². The maximum atomic E-state index is 5.47. The van der Waals surface area contributed by atoms with Crippen LogP contribution in [0.5, 0.6) is 0 Å². The second-order valence-corrected chi connectivity index (χ2v) is 3.74. The SMILES string of the molecule is CCCOCCN(CCC)C(C)C. The fourth-order valence-electron chi connectivity index (χ4n) is 1.34. The summed E-state index contributed by atoms with van der Waals surface area (Å²) in [6.07, 6.45) is 2.35. The molecule has 0 fully saturated rings. The fraction of sp³-hybridized carbons (Fsp3) is 1.00. The normalized spacial score (nSPS) is 11.5. The molecule has 0 aliphatic rings. The second-order valence-electron chi connectivity index (χ2n) is 3.74. The Bertz CT molecular complexity index is 104. The molecule has 0 amide bonds. The van der Waals surface area contributed by atoms with E-state index in [4.69, 9.17) is 4.74 Å². The molecule has 0 rings (SSSR count). The van der Waals surface area contributed by atoms with Crippen molar-refractivity contribution in [2.75, 3.05) is 26.3 Å². The molecule has 0 aromatic rings. The highest BCUT2D eigenvalue weighted by Gasteiger charge is 2.06. The van der Waals surface area contributed by atoms with Crippen LogP contribution < -0.4 is 0 Å². The Labute approximate surface area is 83.3 Å². The summed E-state index contributed by atoms with van der Waals surface area (Å²) in [7, 11) is 0. The van der Waals surface area contributed by atoms with E-state index in [1.165, 1.54) is 13.0 Å². The summed E-state index contributed by atoms with van der Waals surface area (Å²) in [6, 6.07) is 0.644. The third-order valence-electron chi connectivity index (χ3n) is 2.11. The zero-order chi connectivity index (χ0) is 10.1. The van der Waals surface area contributed by atoms with Gasteiger partial charge >= 0.3 is 0 Å². The minimum atomic E-state index is 0.644. The smallest absolute Gasteiger partial charge is 0.0593 e. The van der Waals surface area contributed by atoms with E-state index in [0.29, 0.717) is 6.04 Å². The molecule has 80 valence electrons. The van der Waals surface area contributed by atoms with Crippen LogP contribution in [0.4, 0.5) is 0 Å². The predicted octanol–water partition coefficient (Wildman–Crippen LogP) is 2.53. The predicted molar refractivity (Wildman–Crippen MR) is 58.1 cm³/mol. The van der Waals surface area contributed by atoms with Gasteiger partial charge < -0.3 is 4.74 Å². The Morgan fingerprint density at radius 2 is 1.69 bits per heavy atom. The molecular formula is C11H25NO. The van der Waals surface area contributed by atoms with Gasteiger partial charge in [-0.1, -0.05) is 13.8 Å². The second kappa shape index (κ2) is 8.52. The summed E-state index contributed by atoms with van der Waals surface area (Å²) in [5, 5.41) is 0. The van der Waals surface area contributed by atoms with E-state index >= 15 is 0 Å². The topological polar surface area (TPSA) is 12.5 Å². The van der Waals surface area contributed by atoms with Gasteiger partial charge in [0.1, 0.15) is 0 Å². The van der Waals surface area contributed by atoms with Gasteiger partial charge in [-0.05, 0) is 33.2 Å². The number of hydrogen-bond donors (Lipinski definition) is 0. The first-order chi connectivity index (χ1) is 6.22. The quantitative estimate of drug-likeness (QED) is 0.541. The third-order valence-corrected chi connectivity index (χ3v) is 2.11. The molecule has 2 nitrogen and oxygen atoms in total. The van der Waals surface area contributed by atoms with E-state index < -0.39 is 0 Å². The van der Waals surface area contributed by atoms with Crippen LogP contribution in [0.1, 0.15) is 40.5 Å². The van der Waals surface area contributed by atoms with E-state index in [9.17, 15) is 0 Å². The van der Waals surface area contributed by atoms with E-state index in [2.05, 4.69) is 32.6 Å². The Morgan fingerprint density at radius 1 is 1.00 bits per heavy atom. The van der Waals surface area contributed by atoms with Crippen molar-refractivity contribution < 1.29 is 4.74 Å². The van der Waals surface area contributed by atoms with Crippen molar-refractivity contribution in [1.82, 2.24) is 4.90 Å². The van der Waals surface area contributed by atoms with Gasteiger partial charge in [0.25, 0.3) is 0 Å². The molecule has 0 aromatic heterocycles. The lowest BCUT2D eigenvalue weighted by atomic mass is 10.3. The van der Waals surface area contributed by atoms with E-state index in [-0.39, 0.29) is 0 Å². The van der Waals surface area contributed by atoms with Gasteiger partial charge in [0, 0.05) is 19.2 Å². The van der Waals surface area contributed by atoms with E-state index in [0.717, 1.165) is 26.2 Å². The number of nitrogens with zero attached hydrogens (tertiary/aromatic N) is 1. The minimum absolute atomic E-state index is 0.644. The zero-order valence-corrected chi connectivity index (χ0v) is 9.68. The lowest BCUT2D eigenvalue weighted by Crippen LogP contribution is -2.34. The van der Waals surface area contributed by atoms with Gasteiger partial charge in [0.2, 0.25) is 0 Å². The zero-order valence-electron chi connectivity index (χ0n) is 9.68. The molecule has 0 saturated heterocycles. The van der Waals surface area contributed by atoms with Crippen molar-refractivity contribution in [2.45, 2.75) is 46.6 Å². The summed E-state index contributed by atoms with van der Waals surface area (Å²) in [5.74, 6) is 0. The Hall–Kier alpha value is -0.0800. The molecule has 0 N–H and O–H groups in total. The molecule has 0 saturated carbocycles. The van der Waals surface area contributed by atoms with Crippen molar-refractivity contribution in [3.05, 3.63) is 0 Å². The summed E-state index contributed by atoms with van der Waals surface area (Å²) in [6.45, 7) is 12.9.